The van der Waals surface area contributed by atoms with Crippen LogP contribution in [-0.2, 0) is 0 Å². The van der Waals surface area contributed by atoms with Crippen molar-refractivity contribution in [3.63, 3.8) is 0 Å². The molecule has 0 saturated heterocycles. The second-order valence-corrected chi connectivity index (χ2v) is 7.20. The van der Waals surface area contributed by atoms with E-state index in [-0.39, 0.29) is 11.6 Å². The second kappa shape index (κ2) is 6.27. The summed E-state index contributed by atoms with van der Waals surface area (Å²) in [7, 11) is 1.68. The van der Waals surface area contributed by atoms with Gasteiger partial charge in [0.2, 0.25) is 0 Å². The molecule has 21 heavy (non-hydrogen) atoms. The minimum absolute atomic E-state index is 0.0151. The molecule has 1 aliphatic rings. The van der Waals surface area contributed by atoms with Crippen LogP contribution in [0.5, 0.6) is 11.5 Å². The number of ether oxygens (including phenoxy) is 2. The van der Waals surface area contributed by atoms with Gasteiger partial charge < -0.3 is 15.2 Å². The second-order valence-electron chi connectivity index (χ2n) is 7.20. The summed E-state index contributed by atoms with van der Waals surface area (Å²) in [6.07, 6.45) is 2.97. The van der Waals surface area contributed by atoms with E-state index in [9.17, 15) is 0 Å². The Balaban J connectivity index is 2.34. The van der Waals surface area contributed by atoms with Gasteiger partial charge in [0.25, 0.3) is 0 Å². The van der Waals surface area contributed by atoms with E-state index in [4.69, 9.17) is 15.2 Å². The highest BCUT2D eigenvalue weighted by Gasteiger charge is 2.40. The largest absolute Gasteiger partial charge is 0.497 e. The van der Waals surface area contributed by atoms with Gasteiger partial charge in [-0.2, -0.15) is 0 Å². The fourth-order valence-electron chi connectivity index (χ4n) is 3.64. The van der Waals surface area contributed by atoms with Gasteiger partial charge in [-0.3, -0.25) is 0 Å². The normalized spacial score (nSPS) is 20.3. The molecule has 1 heterocycles. The Morgan fingerprint density at radius 2 is 1.86 bits per heavy atom. The molecule has 0 aromatic heterocycles. The van der Waals surface area contributed by atoms with E-state index < -0.39 is 0 Å². The molecule has 3 nitrogen and oxygen atoms in total. The van der Waals surface area contributed by atoms with E-state index in [0.717, 1.165) is 36.3 Å². The van der Waals surface area contributed by atoms with Crippen molar-refractivity contribution in [1.82, 2.24) is 0 Å². The Morgan fingerprint density at radius 3 is 2.38 bits per heavy atom. The number of hydrogen-bond acceptors (Lipinski definition) is 3. The van der Waals surface area contributed by atoms with Crippen LogP contribution in [0, 0.1) is 11.8 Å². The van der Waals surface area contributed by atoms with Gasteiger partial charge in [-0.15, -0.1) is 0 Å². The molecule has 1 aromatic carbocycles. The average Bonchev–Trinajstić information content (AvgIpc) is 2.36. The molecule has 3 heteroatoms. The summed E-state index contributed by atoms with van der Waals surface area (Å²) in [6, 6.07) is 5.98. The fourth-order valence-corrected chi connectivity index (χ4v) is 3.64. The topological polar surface area (TPSA) is 44.5 Å². The first-order chi connectivity index (χ1) is 9.85. The first kappa shape index (κ1) is 16.2. The molecule has 1 unspecified atom stereocenters. The third-order valence-corrected chi connectivity index (χ3v) is 4.10. The Labute approximate surface area is 128 Å². The number of benzene rings is 1. The van der Waals surface area contributed by atoms with Gasteiger partial charge in [0.15, 0.2) is 0 Å². The van der Waals surface area contributed by atoms with E-state index in [1.165, 1.54) is 0 Å². The Kier molecular flexibility index (Phi) is 4.82. The molecule has 0 spiro atoms. The maximum Gasteiger partial charge on any atom is 0.125 e. The van der Waals surface area contributed by atoms with Crippen LogP contribution in [0.25, 0.3) is 0 Å². The summed E-state index contributed by atoms with van der Waals surface area (Å²) in [5.41, 5.74) is 7.39. The third kappa shape index (κ3) is 3.70. The van der Waals surface area contributed by atoms with Gasteiger partial charge in [0, 0.05) is 18.0 Å². The molecule has 0 bridgehead atoms. The number of hydrogen-bond donors (Lipinski definition) is 1. The maximum atomic E-state index is 6.48. The van der Waals surface area contributed by atoms with E-state index in [2.05, 4.69) is 27.7 Å². The number of nitrogens with two attached hydrogens (primary N) is 1. The van der Waals surface area contributed by atoms with Crippen LogP contribution in [0.15, 0.2) is 18.2 Å². The predicted molar refractivity (Wildman–Crippen MR) is 86.8 cm³/mol. The van der Waals surface area contributed by atoms with Crippen LogP contribution in [0.1, 0.15) is 58.6 Å². The molecule has 0 aliphatic carbocycles. The highest BCUT2D eigenvalue weighted by Crippen LogP contribution is 2.45. The summed E-state index contributed by atoms with van der Waals surface area (Å²) in [4.78, 5) is 0. The lowest BCUT2D eigenvalue weighted by molar-refractivity contribution is -0.00170. The number of fused-ring (bicyclic) bond motifs is 1. The van der Waals surface area contributed by atoms with Crippen molar-refractivity contribution in [3.8, 4) is 11.5 Å². The van der Waals surface area contributed by atoms with Crippen molar-refractivity contribution in [3.05, 3.63) is 23.8 Å². The lowest BCUT2D eigenvalue weighted by Crippen LogP contribution is -2.45. The molecular formula is C18H29NO2. The van der Waals surface area contributed by atoms with Crippen molar-refractivity contribution >= 4 is 0 Å². The van der Waals surface area contributed by atoms with Gasteiger partial charge in [-0.25, -0.2) is 0 Å². The molecule has 1 aromatic rings. The Morgan fingerprint density at radius 1 is 1.24 bits per heavy atom. The zero-order valence-corrected chi connectivity index (χ0v) is 14.0. The summed E-state index contributed by atoms with van der Waals surface area (Å²) >= 11 is 0. The van der Waals surface area contributed by atoms with Crippen LogP contribution in [0.3, 0.4) is 0 Å². The van der Waals surface area contributed by atoms with E-state index in [1.54, 1.807) is 7.11 Å². The van der Waals surface area contributed by atoms with Crippen molar-refractivity contribution in [2.45, 2.75) is 58.6 Å². The van der Waals surface area contributed by atoms with Crippen LogP contribution in [0.4, 0.5) is 0 Å². The number of rotatable bonds is 5. The maximum absolute atomic E-state index is 6.48. The Bertz CT molecular complexity index is 472. The van der Waals surface area contributed by atoms with Gasteiger partial charge in [-0.1, -0.05) is 27.7 Å². The van der Waals surface area contributed by atoms with E-state index in [0.29, 0.717) is 11.8 Å². The predicted octanol–water partition coefficient (Wildman–Crippen LogP) is 4.31. The van der Waals surface area contributed by atoms with Crippen LogP contribution in [0.2, 0.25) is 0 Å². The monoisotopic (exact) mass is 291 g/mol. The molecule has 2 N–H and O–H groups in total. The summed E-state index contributed by atoms with van der Waals surface area (Å²) in [5.74, 6) is 2.95. The summed E-state index contributed by atoms with van der Waals surface area (Å²) in [6.45, 7) is 9.00. The zero-order valence-electron chi connectivity index (χ0n) is 14.0. The van der Waals surface area contributed by atoms with Crippen molar-refractivity contribution in [2.24, 2.45) is 17.6 Å². The average molecular weight is 291 g/mol. The minimum atomic E-state index is -0.136. The minimum Gasteiger partial charge on any atom is -0.497 e. The van der Waals surface area contributed by atoms with Gasteiger partial charge >= 0.3 is 0 Å². The molecule has 0 fully saturated rings. The van der Waals surface area contributed by atoms with Crippen molar-refractivity contribution in [2.75, 3.05) is 7.11 Å². The summed E-state index contributed by atoms with van der Waals surface area (Å²) < 4.78 is 11.8. The quantitative estimate of drug-likeness (QED) is 0.879. The van der Waals surface area contributed by atoms with Crippen LogP contribution < -0.4 is 15.2 Å². The van der Waals surface area contributed by atoms with Crippen molar-refractivity contribution in [1.29, 1.82) is 0 Å². The van der Waals surface area contributed by atoms with E-state index in [1.807, 2.05) is 18.2 Å². The van der Waals surface area contributed by atoms with Crippen LogP contribution >= 0.6 is 0 Å². The standard InChI is InChI=1S/C18H29NO2/c1-12(2)9-18(10-13(3)4)11-16(19)15-8-14(20-5)6-7-17(15)21-18/h6-8,12-13,16H,9-11,19H2,1-5H3. The zero-order chi connectivity index (χ0) is 15.6. The van der Waals surface area contributed by atoms with E-state index >= 15 is 0 Å². The van der Waals surface area contributed by atoms with Crippen molar-refractivity contribution < 1.29 is 9.47 Å². The Hall–Kier alpha value is -1.22. The molecule has 0 amide bonds. The first-order valence-corrected chi connectivity index (χ1v) is 7.98. The van der Waals surface area contributed by atoms with Crippen LogP contribution in [-0.4, -0.2) is 12.7 Å². The van der Waals surface area contributed by atoms with Gasteiger partial charge in [0.1, 0.15) is 17.1 Å². The SMILES string of the molecule is COc1ccc2c(c1)C(N)CC(CC(C)C)(CC(C)C)O2. The molecular weight excluding hydrogens is 262 g/mol. The fraction of sp³-hybridized carbons (Fsp3) is 0.667. The highest BCUT2D eigenvalue weighted by molar-refractivity contribution is 5.44. The smallest absolute Gasteiger partial charge is 0.125 e. The first-order valence-electron chi connectivity index (χ1n) is 7.98. The molecule has 0 saturated carbocycles. The molecule has 1 aliphatic heterocycles. The molecule has 118 valence electrons. The number of methoxy groups -OCH3 is 1. The summed E-state index contributed by atoms with van der Waals surface area (Å²) in [5, 5.41) is 0. The van der Waals surface area contributed by atoms with Gasteiger partial charge in [-0.05, 0) is 42.9 Å². The molecule has 2 rings (SSSR count). The lowest BCUT2D eigenvalue weighted by atomic mass is 9.77. The lowest BCUT2D eigenvalue weighted by Gasteiger charge is -2.43. The molecule has 1 atom stereocenters. The molecule has 0 radical (unpaired) electrons. The van der Waals surface area contributed by atoms with Gasteiger partial charge in [0.05, 0.1) is 7.11 Å². The third-order valence-electron chi connectivity index (χ3n) is 4.10. The highest BCUT2D eigenvalue weighted by atomic mass is 16.5.